The zero-order chi connectivity index (χ0) is 19.9. The van der Waals surface area contributed by atoms with Crippen LogP contribution < -0.4 is 10.1 Å². The number of hydrogen-bond donors (Lipinski definition) is 1. The zero-order valence-electron chi connectivity index (χ0n) is 15.3. The highest BCUT2D eigenvalue weighted by atomic mass is 19.4. The van der Waals surface area contributed by atoms with Gasteiger partial charge in [0.25, 0.3) is 0 Å². The third-order valence-corrected chi connectivity index (χ3v) is 4.07. The number of carbonyl (C=O) groups is 1. The summed E-state index contributed by atoms with van der Waals surface area (Å²) in [6, 6.07) is 15.2. The van der Waals surface area contributed by atoms with Gasteiger partial charge in [-0.3, -0.25) is 9.69 Å². The average molecular weight is 380 g/mol. The van der Waals surface area contributed by atoms with Crippen molar-refractivity contribution in [3.63, 3.8) is 0 Å². The number of nitrogens with one attached hydrogen (secondary N) is 1. The van der Waals surface area contributed by atoms with Crippen LogP contribution in [-0.2, 0) is 11.3 Å². The van der Waals surface area contributed by atoms with Gasteiger partial charge in [0, 0.05) is 6.54 Å². The summed E-state index contributed by atoms with van der Waals surface area (Å²) in [4.78, 5) is 14.7. The van der Waals surface area contributed by atoms with E-state index in [1.807, 2.05) is 49.2 Å². The van der Waals surface area contributed by atoms with Crippen LogP contribution in [0.1, 0.15) is 24.1 Å². The van der Waals surface area contributed by atoms with Gasteiger partial charge in [-0.1, -0.05) is 49.4 Å². The van der Waals surface area contributed by atoms with Gasteiger partial charge < -0.3 is 10.1 Å². The van der Waals surface area contributed by atoms with E-state index in [2.05, 4.69) is 5.32 Å². The van der Waals surface area contributed by atoms with Gasteiger partial charge in [0.15, 0.2) is 6.61 Å². The molecule has 0 radical (unpaired) electrons. The van der Waals surface area contributed by atoms with Crippen molar-refractivity contribution in [1.82, 2.24) is 10.2 Å². The molecule has 1 atom stereocenters. The van der Waals surface area contributed by atoms with E-state index < -0.39 is 18.8 Å². The molecule has 2 rings (SSSR count). The Morgan fingerprint density at radius 1 is 1.15 bits per heavy atom. The Labute approximate surface area is 156 Å². The van der Waals surface area contributed by atoms with Crippen LogP contribution in [0.3, 0.4) is 0 Å². The van der Waals surface area contributed by atoms with Gasteiger partial charge in [-0.05, 0) is 36.9 Å². The van der Waals surface area contributed by atoms with Crippen LogP contribution in [0.15, 0.2) is 54.6 Å². The van der Waals surface area contributed by atoms with Crippen LogP contribution in [0.5, 0.6) is 5.75 Å². The Balaban J connectivity index is 2.02. The fraction of sp³-hybridized carbons (Fsp3) is 0.350. The molecule has 0 aliphatic carbocycles. The first kappa shape index (κ1) is 20.8. The molecule has 4 nitrogen and oxygen atoms in total. The molecule has 27 heavy (non-hydrogen) atoms. The quantitative estimate of drug-likeness (QED) is 0.754. The van der Waals surface area contributed by atoms with Crippen LogP contribution in [0.4, 0.5) is 13.2 Å². The summed E-state index contributed by atoms with van der Waals surface area (Å²) < 4.78 is 41.5. The lowest BCUT2D eigenvalue weighted by atomic mass is 10.0. The molecular weight excluding hydrogens is 357 g/mol. The molecule has 146 valence electrons. The second-order valence-electron chi connectivity index (χ2n) is 6.16. The smallest absolute Gasteiger partial charge is 0.422 e. The standard InChI is InChI=1S/C20H23F3N2O2/c1-3-25(2)18(16-9-5-4-6-10-16)19(26)24-13-15-8-7-11-17(12-15)27-14-20(21,22)23/h4-12,18H,3,13-14H2,1-2H3,(H,24,26). The van der Waals surface area contributed by atoms with Gasteiger partial charge in [0.1, 0.15) is 11.8 Å². The van der Waals surface area contributed by atoms with Crippen molar-refractivity contribution in [3.05, 3.63) is 65.7 Å². The van der Waals surface area contributed by atoms with E-state index in [0.29, 0.717) is 12.1 Å². The van der Waals surface area contributed by atoms with E-state index in [1.165, 1.54) is 12.1 Å². The largest absolute Gasteiger partial charge is 0.484 e. The van der Waals surface area contributed by atoms with Crippen molar-refractivity contribution in [1.29, 1.82) is 0 Å². The zero-order valence-corrected chi connectivity index (χ0v) is 15.3. The van der Waals surface area contributed by atoms with Gasteiger partial charge >= 0.3 is 6.18 Å². The third-order valence-electron chi connectivity index (χ3n) is 4.07. The van der Waals surface area contributed by atoms with Gasteiger partial charge in [-0.15, -0.1) is 0 Å². The Kier molecular flexibility index (Phi) is 7.24. The minimum absolute atomic E-state index is 0.115. The van der Waals surface area contributed by atoms with Crippen LogP contribution in [0.25, 0.3) is 0 Å². The second kappa shape index (κ2) is 9.41. The molecule has 2 aromatic carbocycles. The Morgan fingerprint density at radius 3 is 2.48 bits per heavy atom. The normalized spacial score (nSPS) is 12.7. The summed E-state index contributed by atoms with van der Waals surface area (Å²) in [6.45, 7) is 1.50. The number of alkyl halides is 3. The van der Waals surface area contributed by atoms with Gasteiger partial charge in [-0.2, -0.15) is 13.2 Å². The van der Waals surface area contributed by atoms with E-state index in [-0.39, 0.29) is 18.2 Å². The molecule has 0 heterocycles. The molecule has 1 N–H and O–H groups in total. The molecule has 1 amide bonds. The summed E-state index contributed by atoms with van der Waals surface area (Å²) in [6.07, 6.45) is -4.39. The van der Waals surface area contributed by atoms with Crippen LogP contribution in [0, 0.1) is 0 Å². The minimum atomic E-state index is -4.39. The Morgan fingerprint density at radius 2 is 1.85 bits per heavy atom. The lowest BCUT2D eigenvalue weighted by Gasteiger charge is -2.26. The number of ether oxygens (including phenoxy) is 1. The Hall–Kier alpha value is -2.54. The maximum atomic E-state index is 12.7. The van der Waals surface area contributed by atoms with Crippen molar-refractivity contribution in [2.24, 2.45) is 0 Å². The number of hydrogen-bond acceptors (Lipinski definition) is 3. The molecule has 0 saturated heterocycles. The highest BCUT2D eigenvalue weighted by Crippen LogP contribution is 2.21. The highest BCUT2D eigenvalue weighted by Gasteiger charge is 2.28. The number of carbonyl (C=O) groups excluding carboxylic acids is 1. The summed E-state index contributed by atoms with van der Waals surface area (Å²) >= 11 is 0. The number of amides is 1. The molecule has 0 spiro atoms. The van der Waals surface area contributed by atoms with Crippen molar-refractivity contribution in [2.75, 3.05) is 20.2 Å². The lowest BCUT2D eigenvalue weighted by molar-refractivity contribution is -0.153. The van der Waals surface area contributed by atoms with Crippen molar-refractivity contribution in [3.8, 4) is 5.75 Å². The predicted octanol–water partition coefficient (Wildman–Crippen LogP) is 3.94. The molecule has 2 aromatic rings. The highest BCUT2D eigenvalue weighted by molar-refractivity contribution is 5.83. The monoisotopic (exact) mass is 380 g/mol. The van der Waals surface area contributed by atoms with Gasteiger partial charge in [0.05, 0.1) is 0 Å². The third kappa shape index (κ3) is 6.60. The van der Waals surface area contributed by atoms with E-state index in [4.69, 9.17) is 4.74 Å². The first-order valence-electron chi connectivity index (χ1n) is 8.61. The van der Waals surface area contributed by atoms with Crippen LogP contribution in [0.2, 0.25) is 0 Å². The summed E-state index contributed by atoms with van der Waals surface area (Å²) in [7, 11) is 1.86. The minimum Gasteiger partial charge on any atom is -0.484 e. The SMILES string of the molecule is CCN(C)C(C(=O)NCc1cccc(OCC(F)(F)F)c1)c1ccccc1. The number of benzene rings is 2. The van der Waals surface area contributed by atoms with Crippen molar-refractivity contribution < 1.29 is 22.7 Å². The molecule has 0 aliphatic heterocycles. The second-order valence-corrected chi connectivity index (χ2v) is 6.16. The van der Waals surface area contributed by atoms with Gasteiger partial charge in [0.2, 0.25) is 5.91 Å². The van der Waals surface area contributed by atoms with Crippen molar-refractivity contribution in [2.45, 2.75) is 25.7 Å². The van der Waals surface area contributed by atoms with Crippen LogP contribution in [-0.4, -0.2) is 37.2 Å². The van der Waals surface area contributed by atoms with Crippen molar-refractivity contribution >= 4 is 5.91 Å². The lowest BCUT2D eigenvalue weighted by Crippen LogP contribution is -2.38. The molecule has 0 fully saturated rings. The molecule has 7 heteroatoms. The van der Waals surface area contributed by atoms with E-state index in [0.717, 1.165) is 5.56 Å². The van der Waals surface area contributed by atoms with E-state index in [1.54, 1.807) is 12.1 Å². The topological polar surface area (TPSA) is 41.6 Å². The Bertz CT molecular complexity index is 736. The number of nitrogens with zero attached hydrogens (tertiary/aromatic N) is 1. The predicted molar refractivity (Wildman–Crippen MR) is 97.3 cm³/mol. The molecule has 0 bridgehead atoms. The summed E-state index contributed by atoms with van der Waals surface area (Å²) in [5.74, 6) is -0.0588. The molecule has 0 aliphatic rings. The molecule has 0 saturated carbocycles. The first-order valence-corrected chi connectivity index (χ1v) is 8.61. The summed E-state index contributed by atoms with van der Waals surface area (Å²) in [5, 5.41) is 2.85. The van der Waals surface area contributed by atoms with E-state index >= 15 is 0 Å². The average Bonchev–Trinajstić information content (AvgIpc) is 2.65. The molecule has 1 unspecified atom stereocenters. The maximum Gasteiger partial charge on any atom is 0.422 e. The fourth-order valence-electron chi connectivity index (χ4n) is 2.62. The number of rotatable bonds is 8. The number of likely N-dealkylation sites (N-methyl/N-ethyl adjacent to an activating group) is 1. The first-order chi connectivity index (χ1) is 12.8. The fourth-order valence-corrected chi connectivity index (χ4v) is 2.62. The maximum absolute atomic E-state index is 12.7. The molecular formula is C20H23F3N2O2. The summed E-state index contributed by atoms with van der Waals surface area (Å²) in [5.41, 5.74) is 1.54. The molecule has 0 aromatic heterocycles. The van der Waals surface area contributed by atoms with E-state index in [9.17, 15) is 18.0 Å². The number of halogens is 3. The van der Waals surface area contributed by atoms with Gasteiger partial charge in [-0.25, -0.2) is 0 Å². The van der Waals surface area contributed by atoms with Crippen LogP contribution >= 0.6 is 0 Å².